The van der Waals surface area contributed by atoms with Gasteiger partial charge >= 0.3 is 6.03 Å². The van der Waals surface area contributed by atoms with Crippen LogP contribution in [0.15, 0.2) is 42.5 Å². The molecule has 2 aromatic rings. The molecule has 0 radical (unpaired) electrons. The van der Waals surface area contributed by atoms with E-state index in [1.54, 1.807) is 0 Å². The lowest BCUT2D eigenvalue weighted by Crippen LogP contribution is -2.20. The number of hydrogen-bond acceptors (Lipinski definition) is 3. The van der Waals surface area contributed by atoms with E-state index >= 15 is 0 Å². The van der Waals surface area contributed by atoms with E-state index in [9.17, 15) is 23.7 Å². The number of nitro benzene ring substituents is 1. The summed E-state index contributed by atoms with van der Waals surface area (Å²) < 4.78 is 26.4. The maximum absolute atomic E-state index is 13.5. The molecule has 108 valence electrons. The second-order valence-corrected chi connectivity index (χ2v) is 4.01. The van der Waals surface area contributed by atoms with E-state index in [0.717, 1.165) is 24.3 Å². The molecule has 0 aromatic heterocycles. The van der Waals surface area contributed by atoms with Gasteiger partial charge in [0.25, 0.3) is 5.69 Å². The number of rotatable bonds is 3. The van der Waals surface area contributed by atoms with Crippen LogP contribution in [0, 0.1) is 21.7 Å². The first-order valence-corrected chi connectivity index (χ1v) is 5.73. The molecule has 8 heteroatoms. The van der Waals surface area contributed by atoms with Crippen LogP contribution in [0.5, 0.6) is 0 Å². The summed E-state index contributed by atoms with van der Waals surface area (Å²) in [4.78, 5) is 21.5. The van der Waals surface area contributed by atoms with Gasteiger partial charge in [-0.3, -0.25) is 10.1 Å². The first-order valence-electron chi connectivity index (χ1n) is 5.73. The maximum atomic E-state index is 13.5. The molecule has 0 bridgehead atoms. The molecule has 0 aliphatic rings. The number of hydrogen-bond donors (Lipinski definition) is 2. The van der Waals surface area contributed by atoms with E-state index in [2.05, 4.69) is 10.6 Å². The largest absolute Gasteiger partial charge is 0.323 e. The lowest BCUT2D eigenvalue weighted by atomic mass is 10.2. The zero-order valence-corrected chi connectivity index (χ0v) is 10.5. The number of carbonyl (C=O) groups excluding carboxylic acids is 1. The van der Waals surface area contributed by atoms with E-state index in [-0.39, 0.29) is 17.1 Å². The highest BCUT2D eigenvalue weighted by Gasteiger charge is 2.13. The smallest absolute Gasteiger partial charge is 0.308 e. The van der Waals surface area contributed by atoms with Crippen molar-refractivity contribution in [2.24, 2.45) is 0 Å². The van der Waals surface area contributed by atoms with E-state index in [4.69, 9.17) is 0 Å². The van der Waals surface area contributed by atoms with Crippen molar-refractivity contribution >= 4 is 23.1 Å². The standard InChI is InChI=1S/C13H9F2N3O3/c14-8-2-1-3-9(6-8)16-13(19)17-12-7-10(18(20)21)4-5-11(12)15/h1-7H,(H2,16,17,19). The minimum absolute atomic E-state index is 0.165. The molecule has 6 nitrogen and oxygen atoms in total. The molecule has 21 heavy (non-hydrogen) atoms. The summed E-state index contributed by atoms with van der Waals surface area (Å²) in [6.07, 6.45) is 0. The lowest BCUT2D eigenvalue weighted by molar-refractivity contribution is -0.384. The second kappa shape index (κ2) is 5.95. The quantitative estimate of drug-likeness (QED) is 0.670. The molecule has 2 aromatic carbocycles. The number of carbonyl (C=O) groups is 1. The number of nitrogens with one attached hydrogen (secondary N) is 2. The zero-order valence-electron chi connectivity index (χ0n) is 10.5. The average molecular weight is 293 g/mol. The Hall–Kier alpha value is -3.03. The highest BCUT2D eigenvalue weighted by molar-refractivity contribution is 5.99. The fourth-order valence-corrected chi connectivity index (χ4v) is 1.57. The van der Waals surface area contributed by atoms with Gasteiger partial charge in [0.1, 0.15) is 11.6 Å². The Bertz CT molecular complexity index is 707. The van der Waals surface area contributed by atoms with Crippen LogP contribution in [-0.2, 0) is 0 Å². The van der Waals surface area contributed by atoms with Gasteiger partial charge in [0.15, 0.2) is 0 Å². The minimum atomic E-state index is -0.847. The first-order chi connectivity index (χ1) is 9.95. The van der Waals surface area contributed by atoms with Crippen LogP contribution in [-0.4, -0.2) is 11.0 Å². The number of non-ortho nitro benzene ring substituents is 1. The Morgan fingerprint density at radius 1 is 1.10 bits per heavy atom. The van der Waals surface area contributed by atoms with E-state index in [0.29, 0.717) is 0 Å². The van der Waals surface area contributed by atoms with Crippen molar-refractivity contribution in [3.63, 3.8) is 0 Å². The Kier molecular flexibility index (Phi) is 4.07. The Labute approximate surface area is 117 Å². The third kappa shape index (κ3) is 3.72. The molecule has 0 aliphatic heterocycles. The number of anilines is 2. The SMILES string of the molecule is O=C(Nc1cccc(F)c1)Nc1cc([N+](=O)[O-])ccc1F. The highest BCUT2D eigenvalue weighted by Crippen LogP contribution is 2.21. The number of nitrogens with zero attached hydrogens (tertiary/aromatic N) is 1. The number of halogens is 2. The number of urea groups is 1. The molecule has 0 saturated heterocycles. The van der Waals surface area contributed by atoms with Crippen molar-refractivity contribution < 1.29 is 18.5 Å². The minimum Gasteiger partial charge on any atom is -0.308 e. The van der Waals surface area contributed by atoms with Crippen molar-refractivity contribution in [3.8, 4) is 0 Å². The van der Waals surface area contributed by atoms with Gasteiger partial charge in [-0.05, 0) is 24.3 Å². The summed E-state index contributed by atoms with van der Waals surface area (Å²) >= 11 is 0. The van der Waals surface area contributed by atoms with Gasteiger partial charge in [0, 0.05) is 17.8 Å². The summed E-state index contributed by atoms with van der Waals surface area (Å²) in [6, 6.07) is 6.99. The van der Waals surface area contributed by atoms with Crippen molar-refractivity contribution in [2.45, 2.75) is 0 Å². The first kappa shape index (κ1) is 14.4. The molecule has 2 N–H and O–H groups in total. The van der Waals surface area contributed by atoms with Gasteiger partial charge in [-0.2, -0.15) is 0 Å². The van der Waals surface area contributed by atoms with Gasteiger partial charge in [0.05, 0.1) is 10.6 Å². The molecular weight excluding hydrogens is 284 g/mol. The van der Waals surface area contributed by atoms with Crippen LogP contribution in [0.4, 0.5) is 30.6 Å². The molecule has 2 amide bonds. The van der Waals surface area contributed by atoms with Gasteiger partial charge < -0.3 is 10.6 Å². The van der Waals surface area contributed by atoms with Crippen LogP contribution < -0.4 is 10.6 Å². The molecule has 0 aliphatic carbocycles. The van der Waals surface area contributed by atoms with E-state index < -0.39 is 22.6 Å². The molecule has 2 rings (SSSR count). The highest BCUT2D eigenvalue weighted by atomic mass is 19.1. The zero-order chi connectivity index (χ0) is 15.4. The summed E-state index contributed by atoms with van der Waals surface area (Å²) in [5.74, 6) is -1.37. The summed E-state index contributed by atoms with van der Waals surface area (Å²) in [6.45, 7) is 0. The summed E-state index contributed by atoms with van der Waals surface area (Å²) in [5.41, 5.74) is -0.547. The molecular formula is C13H9F2N3O3. The van der Waals surface area contributed by atoms with Crippen molar-refractivity contribution in [1.29, 1.82) is 0 Å². The van der Waals surface area contributed by atoms with Crippen molar-refractivity contribution in [3.05, 3.63) is 64.2 Å². The van der Waals surface area contributed by atoms with Gasteiger partial charge in [0.2, 0.25) is 0 Å². The van der Waals surface area contributed by atoms with Crippen LogP contribution in [0.25, 0.3) is 0 Å². The van der Waals surface area contributed by atoms with Crippen LogP contribution in [0.2, 0.25) is 0 Å². The van der Waals surface area contributed by atoms with Crippen LogP contribution in [0.3, 0.4) is 0 Å². The Morgan fingerprint density at radius 3 is 2.52 bits per heavy atom. The number of nitro groups is 1. The fourth-order valence-electron chi connectivity index (χ4n) is 1.57. The van der Waals surface area contributed by atoms with Gasteiger partial charge in [-0.25, -0.2) is 13.6 Å². The topological polar surface area (TPSA) is 84.3 Å². The monoisotopic (exact) mass is 293 g/mol. The molecule has 0 spiro atoms. The van der Waals surface area contributed by atoms with E-state index in [1.807, 2.05) is 0 Å². The van der Waals surface area contributed by atoms with Crippen LogP contribution >= 0.6 is 0 Å². The van der Waals surface area contributed by atoms with Gasteiger partial charge in [-0.1, -0.05) is 6.07 Å². The number of benzene rings is 2. The normalized spacial score (nSPS) is 10.0. The number of amides is 2. The van der Waals surface area contributed by atoms with Gasteiger partial charge in [-0.15, -0.1) is 0 Å². The predicted molar refractivity (Wildman–Crippen MR) is 72.1 cm³/mol. The second-order valence-electron chi connectivity index (χ2n) is 4.01. The third-order valence-corrected chi connectivity index (χ3v) is 2.49. The third-order valence-electron chi connectivity index (χ3n) is 2.49. The van der Waals surface area contributed by atoms with Crippen LogP contribution in [0.1, 0.15) is 0 Å². The molecule has 0 unspecified atom stereocenters. The molecule has 0 atom stereocenters. The fraction of sp³-hybridized carbons (Fsp3) is 0. The van der Waals surface area contributed by atoms with E-state index in [1.165, 1.54) is 18.2 Å². The Morgan fingerprint density at radius 2 is 1.86 bits per heavy atom. The molecule has 0 saturated carbocycles. The maximum Gasteiger partial charge on any atom is 0.323 e. The Balaban J connectivity index is 2.12. The molecule has 0 fully saturated rings. The van der Waals surface area contributed by atoms with Crippen molar-refractivity contribution in [1.82, 2.24) is 0 Å². The summed E-state index contributed by atoms with van der Waals surface area (Å²) in [7, 11) is 0. The average Bonchev–Trinajstić information content (AvgIpc) is 2.41. The molecule has 0 heterocycles. The predicted octanol–water partition coefficient (Wildman–Crippen LogP) is 3.52. The summed E-state index contributed by atoms with van der Waals surface area (Å²) in [5, 5.41) is 15.0. The van der Waals surface area contributed by atoms with Crippen molar-refractivity contribution in [2.75, 3.05) is 10.6 Å². The lowest BCUT2D eigenvalue weighted by Gasteiger charge is -2.08.